The smallest absolute Gasteiger partial charge is 0.380 e. The Hall–Kier alpha value is -2.45. The second kappa shape index (κ2) is 12.5. The van der Waals surface area contributed by atoms with Gasteiger partial charge in [-0.1, -0.05) is 43.3 Å². The fourth-order valence-electron chi connectivity index (χ4n) is 3.32. The molecule has 2 aliphatic rings. The van der Waals surface area contributed by atoms with Gasteiger partial charge < -0.3 is 28.0 Å². The van der Waals surface area contributed by atoms with Crippen molar-refractivity contribution in [3.63, 3.8) is 0 Å². The summed E-state index contributed by atoms with van der Waals surface area (Å²) in [5.74, 6) is 3.17. The molecule has 3 unspecified atom stereocenters. The number of hydrogen-bond acceptors (Lipinski definition) is 8. The SMILES string of the molecule is CCC1OCC(COc2ccc(Oc3ccccc3)cc2)O1.COP1(=S)OCc2ccccc2O1. The zero-order valence-electron chi connectivity index (χ0n) is 19.7. The standard InChI is InChI=1S/C18H20O4.C8H9O3PS/c1-2-18-20-13-17(22-18)12-19-14-8-10-16(11-9-14)21-15-6-4-3-5-7-15;1-9-12(13)10-6-7-4-2-3-5-8(7)11-12/h3-11,17-18H,2,12-13H2,1H3;2-5H,6H2,1H3. The highest BCUT2D eigenvalue weighted by Gasteiger charge is 2.27. The van der Waals surface area contributed by atoms with Crippen LogP contribution in [0.1, 0.15) is 18.9 Å². The molecule has 2 aliphatic heterocycles. The maximum atomic E-state index is 5.74. The molecule has 9 heteroatoms. The molecule has 2 heterocycles. The van der Waals surface area contributed by atoms with Crippen LogP contribution in [0.5, 0.6) is 23.0 Å². The molecule has 0 spiro atoms. The van der Waals surface area contributed by atoms with E-state index in [1.807, 2.05) is 85.8 Å². The quantitative estimate of drug-likeness (QED) is 0.331. The van der Waals surface area contributed by atoms with Crippen LogP contribution in [-0.2, 0) is 36.9 Å². The van der Waals surface area contributed by atoms with E-state index in [9.17, 15) is 0 Å². The van der Waals surface area contributed by atoms with Gasteiger partial charge in [-0.3, -0.25) is 4.52 Å². The highest BCUT2D eigenvalue weighted by Crippen LogP contribution is 2.53. The maximum Gasteiger partial charge on any atom is 0.380 e. The van der Waals surface area contributed by atoms with Crippen molar-refractivity contribution in [2.75, 3.05) is 20.3 Å². The average molecular weight is 517 g/mol. The Kier molecular flexibility index (Phi) is 9.15. The topological polar surface area (TPSA) is 64.6 Å². The number of fused-ring (bicyclic) bond motifs is 1. The Labute approximate surface area is 211 Å². The van der Waals surface area contributed by atoms with Crippen molar-refractivity contribution >= 4 is 18.5 Å². The minimum Gasteiger partial charge on any atom is -0.491 e. The average Bonchev–Trinajstić information content (AvgIpc) is 3.37. The van der Waals surface area contributed by atoms with Crippen LogP contribution in [0.2, 0.25) is 0 Å². The summed E-state index contributed by atoms with van der Waals surface area (Å²) < 4.78 is 38.4. The highest BCUT2D eigenvalue weighted by molar-refractivity contribution is 8.07. The fraction of sp³-hybridized carbons (Fsp3) is 0.308. The summed E-state index contributed by atoms with van der Waals surface area (Å²) in [5, 5.41) is 0. The van der Waals surface area contributed by atoms with E-state index in [-0.39, 0.29) is 12.4 Å². The lowest BCUT2D eigenvalue weighted by atomic mass is 10.2. The second-order valence-electron chi connectivity index (χ2n) is 7.73. The van der Waals surface area contributed by atoms with Gasteiger partial charge in [-0.25, -0.2) is 0 Å². The maximum absolute atomic E-state index is 5.74. The minimum atomic E-state index is -2.49. The molecule has 3 aromatic carbocycles. The molecule has 0 saturated carbocycles. The molecule has 3 aromatic rings. The molecule has 186 valence electrons. The predicted octanol–water partition coefficient (Wildman–Crippen LogP) is 6.48. The van der Waals surface area contributed by atoms with Crippen LogP contribution in [0.15, 0.2) is 78.9 Å². The first-order valence-corrected chi connectivity index (χ1v) is 13.9. The van der Waals surface area contributed by atoms with Gasteiger partial charge in [-0.15, -0.1) is 0 Å². The van der Waals surface area contributed by atoms with Crippen molar-refractivity contribution < 1.29 is 32.5 Å². The first-order valence-electron chi connectivity index (χ1n) is 11.4. The number of benzene rings is 3. The van der Waals surface area contributed by atoms with E-state index in [2.05, 4.69) is 0 Å². The zero-order valence-corrected chi connectivity index (χ0v) is 21.4. The van der Waals surface area contributed by atoms with Gasteiger partial charge >= 0.3 is 6.72 Å². The van der Waals surface area contributed by atoms with Gasteiger partial charge in [0, 0.05) is 24.5 Å². The Balaban J connectivity index is 0.000000189. The van der Waals surface area contributed by atoms with Gasteiger partial charge in [0.2, 0.25) is 0 Å². The molecule has 0 amide bonds. The van der Waals surface area contributed by atoms with Gasteiger partial charge in [-0.2, -0.15) is 0 Å². The van der Waals surface area contributed by atoms with Gasteiger partial charge in [0.25, 0.3) is 0 Å². The number of rotatable bonds is 7. The van der Waals surface area contributed by atoms with Gasteiger partial charge in [-0.05, 0) is 48.9 Å². The van der Waals surface area contributed by atoms with E-state index in [1.54, 1.807) is 0 Å². The van der Waals surface area contributed by atoms with E-state index >= 15 is 0 Å². The van der Waals surface area contributed by atoms with Crippen LogP contribution >= 0.6 is 6.72 Å². The molecule has 7 nitrogen and oxygen atoms in total. The summed E-state index contributed by atoms with van der Waals surface area (Å²) in [6.45, 7) is 1.11. The van der Waals surface area contributed by atoms with Crippen LogP contribution < -0.4 is 14.0 Å². The third-order valence-corrected chi connectivity index (χ3v) is 7.47. The van der Waals surface area contributed by atoms with Crippen molar-refractivity contribution in [3.8, 4) is 23.0 Å². The molecule has 1 fully saturated rings. The molecule has 0 bridgehead atoms. The normalized spacial score (nSPS) is 22.8. The van der Waals surface area contributed by atoms with Crippen LogP contribution in [0.4, 0.5) is 0 Å². The van der Waals surface area contributed by atoms with E-state index in [0.717, 1.165) is 35.0 Å². The first-order chi connectivity index (χ1) is 17.1. The van der Waals surface area contributed by atoms with Crippen molar-refractivity contribution in [1.82, 2.24) is 0 Å². The van der Waals surface area contributed by atoms with E-state index in [1.165, 1.54) is 7.11 Å². The lowest BCUT2D eigenvalue weighted by Gasteiger charge is -2.26. The van der Waals surface area contributed by atoms with Crippen molar-refractivity contribution in [1.29, 1.82) is 0 Å². The van der Waals surface area contributed by atoms with Crippen LogP contribution in [0.25, 0.3) is 0 Å². The molecular weight excluding hydrogens is 487 g/mol. The predicted molar refractivity (Wildman–Crippen MR) is 137 cm³/mol. The van der Waals surface area contributed by atoms with E-state index in [0.29, 0.717) is 19.8 Å². The summed E-state index contributed by atoms with van der Waals surface area (Å²) in [7, 11) is 1.51. The lowest BCUT2D eigenvalue weighted by molar-refractivity contribution is -0.0642. The summed E-state index contributed by atoms with van der Waals surface area (Å²) in [5.41, 5.74) is 1.01. The van der Waals surface area contributed by atoms with E-state index < -0.39 is 6.72 Å². The third-order valence-electron chi connectivity index (χ3n) is 5.17. The summed E-state index contributed by atoms with van der Waals surface area (Å²) in [6.07, 6.45) is 0.780. The molecule has 1 saturated heterocycles. The Morgan fingerprint density at radius 1 is 0.914 bits per heavy atom. The molecule has 0 aliphatic carbocycles. The van der Waals surface area contributed by atoms with Crippen LogP contribution in [-0.4, -0.2) is 32.7 Å². The summed E-state index contributed by atoms with van der Waals surface area (Å²) in [4.78, 5) is 0. The number of ether oxygens (including phenoxy) is 4. The first kappa shape index (κ1) is 25.6. The van der Waals surface area contributed by atoms with E-state index in [4.69, 9.17) is 44.3 Å². The van der Waals surface area contributed by atoms with Crippen LogP contribution in [0.3, 0.4) is 0 Å². The second-order valence-corrected chi connectivity index (χ2v) is 10.8. The molecule has 0 aromatic heterocycles. The molecule has 0 N–H and O–H groups in total. The largest absolute Gasteiger partial charge is 0.491 e. The fourth-order valence-corrected chi connectivity index (χ4v) is 4.67. The van der Waals surface area contributed by atoms with Crippen molar-refractivity contribution in [3.05, 3.63) is 84.4 Å². The highest BCUT2D eigenvalue weighted by atomic mass is 32.5. The zero-order chi connectivity index (χ0) is 24.5. The third kappa shape index (κ3) is 7.51. The van der Waals surface area contributed by atoms with Gasteiger partial charge in [0.1, 0.15) is 35.7 Å². The molecule has 0 radical (unpaired) electrons. The molecular formula is C26H29O7PS. The lowest BCUT2D eigenvalue weighted by Crippen LogP contribution is -2.20. The summed E-state index contributed by atoms with van der Waals surface area (Å²) in [6, 6.07) is 24.9. The Morgan fingerprint density at radius 3 is 2.31 bits per heavy atom. The monoisotopic (exact) mass is 516 g/mol. The van der Waals surface area contributed by atoms with Crippen LogP contribution in [0, 0.1) is 0 Å². The summed E-state index contributed by atoms with van der Waals surface area (Å²) >= 11 is 5.08. The molecule has 5 rings (SSSR count). The Bertz CT molecular complexity index is 1110. The molecule has 3 atom stereocenters. The van der Waals surface area contributed by atoms with Crippen molar-refractivity contribution in [2.45, 2.75) is 32.3 Å². The van der Waals surface area contributed by atoms with Gasteiger partial charge in [0.15, 0.2) is 6.29 Å². The number of hydrogen-bond donors (Lipinski definition) is 0. The minimum absolute atomic E-state index is 0.00481. The van der Waals surface area contributed by atoms with Gasteiger partial charge in [0.05, 0.1) is 13.2 Å². The van der Waals surface area contributed by atoms with Crippen molar-refractivity contribution in [2.24, 2.45) is 0 Å². The Morgan fingerprint density at radius 2 is 1.60 bits per heavy atom. The molecule has 35 heavy (non-hydrogen) atoms. The number of para-hydroxylation sites is 2.